The third-order valence-corrected chi connectivity index (χ3v) is 12.1. The highest BCUT2D eigenvalue weighted by Gasteiger charge is 2.39. The van der Waals surface area contributed by atoms with Crippen LogP contribution < -0.4 is 22.1 Å². The summed E-state index contributed by atoms with van der Waals surface area (Å²) in [5.41, 5.74) is 7.37. The van der Waals surface area contributed by atoms with E-state index in [0.29, 0.717) is 11.1 Å². The number of carbonyl (C=O) groups excluding carboxylic acids is 2. The molecule has 388 valence electrons. The molecule has 24 heteroatoms. The number of anilines is 2. The molecule has 4 aromatic heterocycles. The summed E-state index contributed by atoms with van der Waals surface area (Å²) in [7, 11) is 0. The summed E-state index contributed by atoms with van der Waals surface area (Å²) in [6.45, 7) is 5.15. The average molecular weight is 1030 g/mol. The molecule has 0 aliphatic carbocycles. The molecule has 16 nitrogen and oxygen atoms in total. The van der Waals surface area contributed by atoms with Crippen molar-refractivity contribution in [2.75, 3.05) is 24.6 Å². The van der Waals surface area contributed by atoms with E-state index in [4.69, 9.17) is 11.5 Å². The minimum Gasteiger partial charge on any atom is -0.385 e. The van der Waals surface area contributed by atoms with Crippen LogP contribution >= 0.6 is 0 Å². The zero-order valence-corrected chi connectivity index (χ0v) is 39.4. The Balaban J connectivity index is 0.000000216. The lowest BCUT2D eigenvalue weighted by Gasteiger charge is -2.29. The predicted molar refractivity (Wildman–Crippen MR) is 254 cm³/mol. The zero-order chi connectivity index (χ0) is 54.2. The molecule has 4 aromatic carbocycles. The number of nitrogens with one attached hydrogen (secondary N) is 2. The minimum atomic E-state index is -4.72. The van der Waals surface area contributed by atoms with Crippen LogP contribution in [0.5, 0.6) is 0 Å². The molecule has 4 heterocycles. The SMILES string of the molecule is Cc1ccc(-c2cc(C(F)(F)F)c3c(N)ncnn23)cc1C(=O)NCC(C)(O)C(O)c1ccc(F)cc1.Cc1ccc(-c2cc(C(F)(F)F)c3c(N)ncnn23)cc1C(=O)NCC(C)(O)C(O)c1ccc(F)cc1. The highest BCUT2D eigenvalue weighted by molar-refractivity contribution is 5.98. The van der Waals surface area contributed by atoms with Crippen LogP contribution in [0.1, 0.15) is 80.2 Å². The lowest BCUT2D eigenvalue weighted by atomic mass is 9.92. The number of amides is 2. The molecular weight excluding hydrogens is 989 g/mol. The Bertz CT molecular complexity index is 3150. The van der Waals surface area contributed by atoms with Crippen molar-refractivity contribution in [2.24, 2.45) is 0 Å². The van der Waals surface area contributed by atoms with Gasteiger partial charge in [-0.25, -0.2) is 27.8 Å². The van der Waals surface area contributed by atoms with E-state index in [1.165, 1.54) is 50.2 Å². The number of nitrogens with two attached hydrogens (primary N) is 2. The smallest absolute Gasteiger partial charge is 0.385 e. The van der Waals surface area contributed by atoms with Crippen molar-refractivity contribution in [3.8, 4) is 22.5 Å². The van der Waals surface area contributed by atoms with Crippen LogP contribution in [0.2, 0.25) is 0 Å². The maximum Gasteiger partial charge on any atom is 0.418 e. The zero-order valence-electron chi connectivity index (χ0n) is 39.4. The molecular formula is C50H46F8N10O6. The number of aryl methyl sites for hydroxylation is 2. The number of hydrogen-bond acceptors (Lipinski definition) is 12. The topological polar surface area (TPSA) is 252 Å². The Morgan fingerprint density at radius 3 is 1.24 bits per heavy atom. The number of hydrogen-bond donors (Lipinski definition) is 8. The Morgan fingerprint density at radius 2 is 0.919 bits per heavy atom. The van der Waals surface area contributed by atoms with Crippen LogP contribution in [0.3, 0.4) is 0 Å². The number of rotatable bonds is 12. The monoisotopic (exact) mass is 1030 g/mol. The van der Waals surface area contributed by atoms with Gasteiger partial charge in [-0.05, 0) is 98.5 Å². The highest BCUT2D eigenvalue weighted by atomic mass is 19.4. The number of benzene rings is 4. The maximum absolute atomic E-state index is 13.7. The summed E-state index contributed by atoms with van der Waals surface area (Å²) in [5, 5.41) is 55.4. The first-order chi connectivity index (χ1) is 34.6. The van der Waals surface area contributed by atoms with Crippen LogP contribution in [0.25, 0.3) is 33.5 Å². The average Bonchev–Trinajstić information content (AvgIpc) is 3.96. The van der Waals surface area contributed by atoms with Crippen molar-refractivity contribution < 1.29 is 65.1 Å². The Morgan fingerprint density at radius 1 is 0.581 bits per heavy atom. The van der Waals surface area contributed by atoms with E-state index in [1.807, 2.05) is 0 Å². The Labute approximate surface area is 414 Å². The molecule has 10 N–H and O–H groups in total. The van der Waals surface area contributed by atoms with E-state index in [9.17, 15) is 65.1 Å². The van der Waals surface area contributed by atoms with Crippen molar-refractivity contribution in [3.63, 3.8) is 0 Å². The molecule has 0 spiro atoms. The van der Waals surface area contributed by atoms with Gasteiger partial charge in [-0.15, -0.1) is 0 Å². The van der Waals surface area contributed by atoms with Gasteiger partial charge in [0.2, 0.25) is 0 Å². The Hall–Kier alpha value is -8.06. The van der Waals surface area contributed by atoms with Gasteiger partial charge in [-0.3, -0.25) is 9.59 Å². The fourth-order valence-corrected chi connectivity index (χ4v) is 7.94. The normalized spacial score (nSPS) is 14.4. The molecule has 8 rings (SSSR count). The molecule has 2 amide bonds. The van der Waals surface area contributed by atoms with E-state index in [1.54, 1.807) is 38.1 Å². The quantitative estimate of drug-likeness (QED) is 0.0561. The second kappa shape index (κ2) is 20.5. The van der Waals surface area contributed by atoms with E-state index < -0.39 is 81.4 Å². The summed E-state index contributed by atoms with van der Waals surface area (Å²) in [6.07, 6.45) is -10.2. The molecule has 0 aliphatic rings. The highest BCUT2D eigenvalue weighted by Crippen LogP contribution is 2.41. The minimum absolute atomic E-state index is 0.0456. The van der Waals surface area contributed by atoms with Crippen LogP contribution in [-0.4, -0.2) is 85.7 Å². The maximum atomic E-state index is 13.7. The molecule has 0 radical (unpaired) electrons. The van der Waals surface area contributed by atoms with Gasteiger partial charge in [-0.2, -0.15) is 36.5 Å². The van der Waals surface area contributed by atoms with Crippen LogP contribution in [0.15, 0.2) is 110 Å². The van der Waals surface area contributed by atoms with Gasteiger partial charge in [0.25, 0.3) is 11.8 Å². The largest absolute Gasteiger partial charge is 0.418 e. The molecule has 8 aromatic rings. The summed E-state index contributed by atoms with van der Waals surface area (Å²) < 4.78 is 110. The molecule has 74 heavy (non-hydrogen) atoms. The van der Waals surface area contributed by atoms with Gasteiger partial charge in [0.05, 0.1) is 22.5 Å². The number of aliphatic hydroxyl groups is 4. The van der Waals surface area contributed by atoms with Gasteiger partial charge in [0, 0.05) is 35.3 Å². The third kappa shape index (κ3) is 11.3. The van der Waals surface area contributed by atoms with Crippen molar-refractivity contribution in [1.82, 2.24) is 39.8 Å². The Kier molecular flexibility index (Phi) is 14.8. The van der Waals surface area contributed by atoms with Crippen LogP contribution in [0, 0.1) is 25.5 Å². The van der Waals surface area contributed by atoms with E-state index in [0.717, 1.165) is 58.1 Å². The molecule has 0 saturated carbocycles. The first-order valence-corrected chi connectivity index (χ1v) is 22.1. The van der Waals surface area contributed by atoms with Gasteiger partial charge < -0.3 is 42.5 Å². The number of aromatic nitrogens is 6. The van der Waals surface area contributed by atoms with E-state index in [2.05, 4.69) is 30.8 Å². The number of halogens is 8. The second-order valence-electron chi connectivity index (χ2n) is 17.7. The summed E-state index contributed by atoms with van der Waals surface area (Å²) in [4.78, 5) is 33.3. The third-order valence-electron chi connectivity index (χ3n) is 12.1. The van der Waals surface area contributed by atoms with E-state index >= 15 is 0 Å². The molecule has 4 atom stereocenters. The molecule has 0 bridgehead atoms. The lowest BCUT2D eigenvalue weighted by Crippen LogP contribution is -2.45. The predicted octanol–water partition coefficient (Wildman–Crippen LogP) is 7.32. The number of nitrogens with zero attached hydrogens (tertiary/aromatic N) is 6. The number of aliphatic hydroxyl groups excluding tert-OH is 2. The fraction of sp³-hybridized carbons (Fsp3) is 0.240. The van der Waals surface area contributed by atoms with Crippen molar-refractivity contribution in [3.05, 3.63) is 166 Å². The second-order valence-corrected chi connectivity index (χ2v) is 17.7. The number of carbonyl (C=O) groups is 2. The van der Waals surface area contributed by atoms with Gasteiger partial charge >= 0.3 is 12.4 Å². The van der Waals surface area contributed by atoms with E-state index in [-0.39, 0.29) is 69.5 Å². The lowest BCUT2D eigenvalue weighted by molar-refractivity contribution is -0.137. The van der Waals surface area contributed by atoms with Gasteiger partial charge in [0.15, 0.2) is 11.6 Å². The van der Waals surface area contributed by atoms with Crippen molar-refractivity contribution in [1.29, 1.82) is 0 Å². The van der Waals surface area contributed by atoms with Crippen molar-refractivity contribution in [2.45, 2.75) is 63.5 Å². The molecule has 0 fully saturated rings. The van der Waals surface area contributed by atoms with Crippen LogP contribution in [0.4, 0.5) is 46.8 Å². The number of alkyl halides is 6. The molecule has 4 unspecified atom stereocenters. The first kappa shape index (κ1) is 53.7. The summed E-state index contributed by atoms with van der Waals surface area (Å²) >= 11 is 0. The van der Waals surface area contributed by atoms with Crippen molar-refractivity contribution >= 4 is 34.5 Å². The molecule has 0 saturated heterocycles. The molecule has 0 aliphatic heterocycles. The standard InChI is InChI=1S/2C25H23F4N5O3/c2*1-13-3-4-15(19-10-18(25(27,28)29)20-22(30)32-12-33-34(19)20)9-17(13)23(36)31-11-24(2,37)21(35)14-5-7-16(26)8-6-14/h2*3-10,12,21,35,37H,11H2,1-2H3,(H,31,36)(H2,30,32,33). The van der Waals surface area contributed by atoms with Crippen LogP contribution in [-0.2, 0) is 12.4 Å². The number of fused-ring (bicyclic) bond motifs is 2. The fourth-order valence-electron chi connectivity index (χ4n) is 7.94. The summed E-state index contributed by atoms with van der Waals surface area (Å²) in [6, 6.07) is 20.6. The van der Waals surface area contributed by atoms with Gasteiger partial charge in [-0.1, -0.05) is 48.5 Å². The van der Waals surface area contributed by atoms with Gasteiger partial charge in [0.1, 0.15) is 58.7 Å². The number of nitrogen functional groups attached to an aromatic ring is 2. The summed E-state index contributed by atoms with van der Waals surface area (Å²) in [5.74, 6) is -2.96. The first-order valence-electron chi connectivity index (χ1n) is 22.1.